The van der Waals surface area contributed by atoms with Crippen molar-refractivity contribution in [1.29, 1.82) is 0 Å². The van der Waals surface area contributed by atoms with E-state index in [-0.39, 0.29) is 12.0 Å². The van der Waals surface area contributed by atoms with Crippen molar-refractivity contribution in [3.8, 4) is 0 Å². The molecule has 7 nitrogen and oxygen atoms in total. The fraction of sp³-hybridized carbons (Fsp3) is 0.417. The zero-order valence-electron chi connectivity index (χ0n) is 11.4. The second-order valence-corrected chi connectivity index (χ2v) is 6.01. The fourth-order valence-electron chi connectivity index (χ4n) is 2.57. The number of methoxy groups -OCH3 is 1. The van der Waals surface area contributed by atoms with Gasteiger partial charge in [-0.25, -0.2) is 14.5 Å². The van der Waals surface area contributed by atoms with Gasteiger partial charge >= 0.3 is 5.97 Å². The number of nitrogens with two attached hydrogens (primary N) is 1. The van der Waals surface area contributed by atoms with E-state index in [0.29, 0.717) is 18.7 Å². The topological polar surface area (TPSA) is 92.8 Å². The highest BCUT2D eigenvalue weighted by Gasteiger charge is 2.37. The van der Waals surface area contributed by atoms with Gasteiger partial charge in [-0.1, -0.05) is 0 Å². The number of nitrogens with zero attached hydrogens (tertiary/aromatic N) is 3. The minimum absolute atomic E-state index is 0.165. The SMILES string of the molecule is COC(=O)C1=C2CC(NSN)CN2C(c2nccs2)=NC1. The van der Waals surface area contributed by atoms with Crippen LogP contribution < -0.4 is 9.86 Å². The Bertz CT molecular complexity index is 599. The molecule has 2 aliphatic heterocycles. The Balaban J connectivity index is 1.94. The highest BCUT2D eigenvalue weighted by molar-refractivity contribution is 7.95. The number of ether oxygens (including phenoxy) is 1. The number of hydrogen-bond acceptors (Lipinski definition) is 9. The van der Waals surface area contributed by atoms with E-state index in [1.807, 2.05) is 10.3 Å². The van der Waals surface area contributed by atoms with E-state index in [1.54, 1.807) is 6.20 Å². The van der Waals surface area contributed by atoms with Gasteiger partial charge in [0.25, 0.3) is 0 Å². The van der Waals surface area contributed by atoms with E-state index in [0.717, 1.165) is 35.1 Å². The Morgan fingerprint density at radius 2 is 2.52 bits per heavy atom. The number of amidine groups is 1. The van der Waals surface area contributed by atoms with Crippen LogP contribution in [0.1, 0.15) is 11.4 Å². The molecule has 21 heavy (non-hydrogen) atoms. The summed E-state index contributed by atoms with van der Waals surface area (Å²) in [5.41, 5.74) is 1.57. The first-order valence-electron chi connectivity index (χ1n) is 6.38. The van der Waals surface area contributed by atoms with Crippen LogP contribution in [0.5, 0.6) is 0 Å². The average Bonchev–Trinajstić information content (AvgIpc) is 3.14. The standard InChI is InChI=1S/C12H15N5O2S2/c1-19-12(18)8-5-15-10(11-14-2-3-20-11)17-6-7(16-21-13)4-9(8)17/h2-3,7,16H,4-6,13H2,1H3. The molecule has 1 unspecified atom stereocenters. The van der Waals surface area contributed by atoms with Gasteiger partial charge in [-0.2, -0.15) is 0 Å². The largest absolute Gasteiger partial charge is 0.466 e. The number of aliphatic imine (C=N–C) groups is 1. The van der Waals surface area contributed by atoms with Gasteiger partial charge in [-0.15, -0.1) is 11.3 Å². The summed E-state index contributed by atoms with van der Waals surface area (Å²) >= 11 is 2.63. The predicted molar refractivity (Wildman–Crippen MR) is 82.6 cm³/mol. The predicted octanol–water partition coefficient (Wildman–Crippen LogP) is 0.516. The number of nitrogens with one attached hydrogen (secondary N) is 1. The molecule has 0 aromatic carbocycles. The Kier molecular flexibility index (Phi) is 4.24. The van der Waals surface area contributed by atoms with E-state index in [2.05, 4.69) is 14.7 Å². The molecule has 1 fully saturated rings. The van der Waals surface area contributed by atoms with Crippen LogP contribution in [-0.4, -0.2) is 47.9 Å². The van der Waals surface area contributed by atoms with Crippen LogP contribution in [0.4, 0.5) is 0 Å². The molecule has 1 aromatic rings. The molecule has 0 spiro atoms. The number of esters is 1. The van der Waals surface area contributed by atoms with Crippen LogP contribution in [-0.2, 0) is 9.53 Å². The zero-order chi connectivity index (χ0) is 14.8. The third-order valence-corrected chi connectivity index (χ3v) is 4.69. The van der Waals surface area contributed by atoms with Gasteiger partial charge in [0.2, 0.25) is 0 Å². The summed E-state index contributed by atoms with van der Waals surface area (Å²) in [7, 11) is 1.39. The maximum atomic E-state index is 11.9. The second-order valence-electron chi connectivity index (χ2n) is 4.64. The lowest BCUT2D eigenvalue weighted by Crippen LogP contribution is -2.36. The van der Waals surface area contributed by atoms with Crippen LogP contribution in [0.2, 0.25) is 0 Å². The minimum Gasteiger partial charge on any atom is -0.466 e. The van der Waals surface area contributed by atoms with Crippen LogP contribution in [0, 0.1) is 0 Å². The van der Waals surface area contributed by atoms with Crippen LogP contribution in [0.3, 0.4) is 0 Å². The van der Waals surface area contributed by atoms with Crippen LogP contribution >= 0.6 is 23.5 Å². The number of aromatic nitrogens is 1. The molecule has 1 atom stereocenters. The van der Waals surface area contributed by atoms with Crippen molar-refractivity contribution in [2.75, 3.05) is 20.2 Å². The van der Waals surface area contributed by atoms with Gasteiger partial charge in [0.1, 0.15) is 0 Å². The van der Waals surface area contributed by atoms with Crippen molar-refractivity contribution in [3.63, 3.8) is 0 Å². The maximum Gasteiger partial charge on any atom is 0.337 e. The Labute approximate surface area is 130 Å². The monoisotopic (exact) mass is 325 g/mol. The molecule has 3 heterocycles. The van der Waals surface area contributed by atoms with Crippen molar-refractivity contribution < 1.29 is 9.53 Å². The molecular formula is C12H15N5O2S2. The lowest BCUT2D eigenvalue weighted by molar-refractivity contribution is -0.136. The molecule has 9 heteroatoms. The van der Waals surface area contributed by atoms with E-state index in [1.165, 1.54) is 18.4 Å². The maximum absolute atomic E-state index is 11.9. The van der Waals surface area contributed by atoms with Gasteiger partial charge in [0.15, 0.2) is 10.8 Å². The molecule has 0 aliphatic carbocycles. The first-order valence-corrected chi connectivity index (χ1v) is 8.14. The molecule has 0 saturated carbocycles. The van der Waals surface area contributed by atoms with E-state index >= 15 is 0 Å². The van der Waals surface area contributed by atoms with Crippen molar-refractivity contribution in [1.82, 2.24) is 14.6 Å². The highest BCUT2D eigenvalue weighted by Crippen LogP contribution is 2.31. The third-order valence-electron chi connectivity index (χ3n) is 3.45. The van der Waals surface area contributed by atoms with Crippen molar-refractivity contribution in [2.24, 2.45) is 10.1 Å². The third kappa shape index (κ3) is 2.69. The number of carbonyl (C=O) groups excluding carboxylic acids is 1. The number of thiazole rings is 1. The average molecular weight is 325 g/mol. The summed E-state index contributed by atoms with van der Waals surface area (Å²) in [5.74, 6) is 0.497. The zero-order valence-corrected chi connectivity index (χ0v) is 13.0. The second kappa shape index (κ2) is 6.14. The molecule has 3 rings (SSSR count). The van der Waals surface area contributed by atoms with Crippen molar-refractivity contribution in [3.05, 3.63) is 27.9 Å². The fourth-order valence-corrected chi connectivity index (χ4v) is 3.57. The normalized spacial score (nSPS) is 21.3. The summed E-state index contributed by atoms with van der Waals surface area (Å²) in [5, 5.41) is 8.26. The molecule has 1 saturated heterocycles. The summed E-state index contributed by atoms with van der Waals surface area (Å²) < 4.78 is 8.00. The van der Waals surface area contributed by atoms with Gasteiger partial charge in [0, 0.05) is 48.4 Å². The number of fused-ring (bicyclic) bond motifs is 1. The lowest BCUT2D eigenvalue weighted by Gasteiger charge is -2.26. The van der Waals surface area contributed by atoms with Gasteiger partial charge in [0.05, 0.1) is 19.2 Å². The molecular weight excluding hydrogens is 310 g/mol. The van der Waals surface area contributed by atoms with Crippen molar-refractivity contribution in [2.45, 2.75) is 12.5 Å². The molecule has 3 N–H and O–H groups in total. The van der Waals surface area contributed by atoms with Gasteiger partial charge < -0.3 is 9.64 Å². The molecule has 0 radical (unpaired) electrons. The Morgan fingerprint density at radius 1 is 1.67 bits per heavy atom. The molecule has 112 valence electrons. The van der Waals surface area contributed by atoms with Gasteiger partial charge in [-0.3, -0.25) is 10.1 Å². The molecule has 2 aliphatic rings. The quantitative estimate of drug-likeness (QED) is 0.615. The summed E-state index contributed by atoms with van der Waals surface area (Å²) in [4.78, 5) is 22.8. The minimum atomic E-state index is -0.321. The Morgan fingerprint density at radius 3 is 3.19 bits per heavy atom. The Hall–Kier alpha value is -1.42. The number of hydrogen-bond donors (Lipinski definition) is 2. The number of carbonyl (C=O) groups is 1. The van der Waals surface area contributed by atoms with Crippen LogP contribution in [0.15, 0.2) is 27.8 Å². The summed E-state index contributed by atoms with van der Waals surface area (Å²) in [6, 6.07) is 0.165. The smallest absolute Gasteiger partial charge is 0.337 e. The molecule has 0 amide bonds. The van der Waals surface area contributed by atoms with Gasteiger partial charge in [-0.05, 0) is 0 Å². The van der Waals surface area contributed by atoms with E-state index in [9.17, 15) is 4.79 Å². The van der Waals surface area contributed by atoms with E-state index < -0.39 is 0 Å². The first-order chi connectivity index (χ1) is 10.2. The summed E-state index contributed by atoms with van der Waals surface area (Å²) in [6.07, 6.45) is 2.47. The van der Waals surface area contributed by atoms with Crippen LogP contribution in [0.25, 0.3) is 0 Å². The first kappa shape index (κ1) is 14.5. The summed E-state index contributed by atoms with van der Waals surface area (Å²) in [6.45, 7) is 1.04. The molecule has 1 aromatic heterocycles. The number of rotatable bonds is 4. The van der Waals surface area contributed by atoms with Crippen molar-refractivity contribution >= 4 is 35.3 Å². The molecule has 0 bridgehead atoms. The lowest BCUT2D eigenvalue weighted by atomic mass is 10.1. The highest BCUT2D eigenvalue weighted by atomic mass is 32.2. The van der Waals surface area contributed by atoms with E-state index in [4.69, 9.17) is 9.88 Å².